The molecule has 1 aromatic heterocycles. The molecule has 3 rings (SSSR count). The number of benzene rings is 1. The van der Waals surface area contributed by atoms with E-state index in [1.807, 2.05) is 17.5 Å². The summed E-state index contributed by atoms with van der Waals surface area (Å²) in [6, 6.07) is 9.79. The van der Waals surface area contributed by atoms with Gasteiger partial charge in [0.1, 0.15) is 0 Å². The monoisotopic (exact) mass is 421 g/mol. The fraction of sp³-hybridized carbons (Fsp3) is 0.368. The maximum Gasteiger partial charge on any atom is 0.317 e. The highest BCUT2D eigenvalue weighted by Gasteiger charge is 2.30. The topological polar surface area (TPSA) is 86.8 Å². The molecule has 0 saturated carbocycles. The SMILES string of the molecule is CC(=O)c1ccc(S(=O)(=O)N2CCN(C(=O)NCCc3cccs3)CC2)cc1. The zero-order chi connectivity index (χ0) is 20.1. The van der Waals surface area contributed by atoms with E-state index in [-0.39, 0.29) is 29.8 Å². The van der Waals surface area contributed by atoms with Crippen LogP contribution in [-0.4, -0.2) is 62.2 Å². The normalized spacial score (nSPS) is 15.4. The van der Waals surface area contributed by atoms with Crippen molar-refractivity contribution in [1.29, 1.82) is 0 Å². The molecule has 1 saturated heterocycles. The summed E-state index contributed by atoms with van der Waals surface area (Å²) < 4.78 is 26.9. The van der Waals surface area contributed by atoms with Crippen LogP contribution in [0.2, 0.25) is 0 Å². The van der Waals surface area contributed by atoms with Gasteiger partial charge in [0.05, 0.1) is 4.90 Å². The Balaban J connectivity index is 1.52. The van der Waals surface area contributed by atoms with Crippen LogP contribution in [0.4, 0.5) is 4.79 Å². The van der Waals surface area contributed by atoms with Gasteiger partial charge in [0, 0.05) is 43.2 Å². The molecular weight excluding hydrogens is 398 g/mol. The molecule has 0 unspecified atom stereocenters. The van der Waals surface area contributed by atoms with Crippen LogP contribution in [0.3, 0.4) is 0 Å². The molecule has 9 heteroatoms. The minimum Gasteiger partial charge on any atom is -0.338 e. The van der Waals surface area contributed by atoms with Crippen molar-refractivity contribution in [2.24, 2.45) is 0 Å². The molecular formula is C19H23N3O4S2. The second kappa shape index (κ2) is 8.85. The van der Waals surface area contributed by atoms with Gasteiger partial charge in [0.15, 0.2) is 5.78 Å². The Kier molecular flexibility index (Phi) is 6.48. The van der Waals surface area contributed by atoms with Crippen LogP contribution >= 0.6 is 11.3 Å². The molecule has 0 bridgehead atoms. The predicted octanol–water partition coefficient (Wildman–Crippen LogP) is 2.21. The third-order valence-corrected chi connectivity index (χ3v) is 7.50. The lowest BCUT2D eigenvalue weighted by atomic mass is 10.2. The van der Waals surface area contributed by atoms with Gasteiger partial charge in [0.25, 0.3) is 0 Å². The number of nitrogens with one attached hydrogen (secondary N) is 1. The van der Waals surface area contributed by atoms with E-state index in [9.17, 15) is 18.0 Å². The first-order valence-corrected chi connectivity index (χ1v) is 11.4. The van der Waals surface area contributed by atoms with E-state index >= 15 is 0 Å². The van der Waals surface area contributed by atoms with Gasteiger partial charge in [0.2, 0.25) is 10.0 Å². The first kappa shape index (κ1) is 20.5. The number of hydrogen-bond donors (Lipinski definition) is 1. The standard InChI is InChI=1S/C19H23N3O4S2/c1-15(23)16-4-6-18(7-5-16)28(25,26)22-12-10-21(11-13-22)19(24)20-9-8-17-3-2-14-27-17/h2-7,14H,8-13H2,1H3,(H,20,24). The molecule has 1 N–H and O–H groups in total. The highest BCUT2D eigenvalue weighted by Crippen LogP contribution is 2.18. The van der Waals surface area contributed by atoms with Crippen LogP contribution in [-0.2, 0) is 16.4 Å². The molecule has 0 radical (unpaired) electrons. The lowest BCUT2D eigenvalue weighted by Crippen LogP contribution is -2.53. The molecule has 2 heterocycles. The van der Waals surface area contributed by atoms with Crippen molar-refractivity contribution < 1.29 is 18.0 Å². The van der Waals surface area contributed by atoms with Gasteiger partial charge in [-0.1, -0.05) is 18.2 Å². The number of hydrogen-bond acceptors (Lipinski definition) is 5. The summed E-state index contributed by atoms with van der Waals surface area (Å²) in [5, 5.41) is 4.89. The number of carbonyl (C=O) groups excluding carboxylic acids is 2. The van der Waals surface area contributed by atoms with Gasteiger partial charge in [-0.3, -0.25) is 4.79 Å². The summed E-state index contributed by atoms with van der Waals surface area (Å²) in [6.45, 7) is 3.17. The van der Waals surface area contributed by atoms with E-state index in [1.165, 1.54) is 40.4 Å². The quantitative estimate of drug-likeness (QED) is 0.725. The molecule has 1 fully saturated rings. The Labute approximate surface area is 169 Å². The first-order chi connectivity index (χ1) is 13.4. The van der Waals surface area contributed by atoms with Crippen molar-refractivity contribution in [3.63, 3.8) is 0 Å². The van der Waals surface area contributed by atoms with Crippen LogP contribution < -0.4 is 5.32 Å². The van der Waals surface area contributed by atoms with Crippen molar-refractivity contribution in [2.75, 3.05) is 32.7 Å². The Bertz CT molecular complexity index is 917. The Morgan fingerprint density at radius 3 is 2.32 bits per heavy atom. The average Bonchev–Trinajstić information content (AvgIpc) is 3.21. The fourth-order valence-corrected chi connectivity index (χ4v) is 5.13. The van der Waals surface area contributed by atoms with E-state index in [2.05, 4.69) is 5.32 Å². The van der Waals surface area contributed by atoms with Crippen molar-refractivity contribution in [1.82, 2.24) is 14.5 Å². The second-order valence-electron chi connectivity index (χ2n) is 6.53. The number of rotatable bonds is 6. The number of urea groups is 1. The maximum atomic E-state index is 12.8. The zero-order valence-corrected chi connectivity index (χ0v) is 17.3. The molecule has 1 aromatic carbocycles. The predicted molar refractivity (Wildman–Crippen MR) is 108 cm³/mol. The van der Waals surface area contributed by atoms with E-state index < -0.39 is 10.0 Å². The number of carbonyl (C=O) groups is 2. The first-order valence-electron chi connectivity index (χ1n) is 9.04. The number of piperazine rings is 1. The molecule has 1 aliphatic rings. The summed E-state index contributed by atoms with van der Waals surface area (Å²) in [7, 11) is -3.64. The summed E-state index contributed by atoms with van der Waals surface area (Å²) in [5.74, 6) is -0.109. The van der Waals surface area contributed by atoms with E-state index in [4.69, 9.17) is 0 Å². The summed E-state index contributed by atoms with van der Waals surface area (Å²) in [5.41, 5.74) is 0.475. The third-order valence-electron chi connectivity index (χ3n) is 4.65. The van der Waals surface area contributed by atoms with Crippen LogP contribution in [0.15, 0.2) is 46.7 Å². The van der Waals surface area contributed by atoms with Crippen LogP contribution in [0.25, 0.3) is 0 Å². The molecule has 2 aromatic rings. The van der Waals surface area contributed by atoms with Crippen LogP contribution in [0.1, 0.15) is 22.2 Å². The van der Waals surface area contributed by atoms with Gasteiger partial charge >= 0.3 is 6.03 Å². The van der Waals surface area contributed by atoms with Gasteiger partial charge in [-0.05, 0) is 36.9 Å². The Morgan fingerprint density at radius 2 is 1.75 bits per heavy atom. The van der Waals surface area contributed by atoms with E-state index in [0.29, 0.717) is 25.2 Å². The van der Waals surface area contributed by atoms with Gasteiger partial charge < -0.3 is 10.2 Å². The Morgan fingerprint density at radius 1 is 1.07 bits per heavy atom. The number of amides is 2. The molecule has 0 atom stereocenters. The molecule has 150 valence electrons. The number of sulfonamides is 1. The molecule has 28 heavy (non-hydrogen) atoms. The fourth-order valence-electron chi connectivity index (χ4n) is 3.00. The number of ketones is 1. The number of thiophene rings is 1. The third kappa shape index (κ3) is 4.78. The van der Waals surface area contributed by atoms with E-state index in [0.717, 1.165) is 6.42 Å². The average molecular weight is 422 g/mol. The highest BCUT2D eigenvalue weighted by molar-refractivity contribution is 7.89. The second-order valence-corrected chi connectivity index (χ2v) is 9.50. The maximum absolute atomic E-state index is 12.8. The summed E-state index contributed by atoms with van der Waals surface area (Å²) in [6.07, 6.45) is 0.786. The highest BCUT2D eigenvalue weighted by atomic mass is 32.2. The van der Waals surface area contributed by atoms with Crippen molar-refractivity contribution >= 4 is 33.2 Å². The molecule has 1 aliphatic heterocycles. The largest absolute Gasteiger partial charge is 0.338 e. The number of nitrogens with zero attached hydrogens (tertiary/aromatic N) is 2. The van der Waals surface area contributed by atoms with Crippen molar-refractivity contribution in [2.45, 2.75) is 18.2 Å². The lowest BCUT2D eigenvalue weighted by Gasteiger charge is -2.34. The van der Waals surface area contributed by atoms with Crippen LogP contribution in [0, 0.1) is 0 Å². The summed E-state index contributed by atoms with van der Waals surface area (Å²) in [4.78, 5) is 26.6. The number of Topliss-reactive ketones (excluding diaryl/α,β-unsaturated/α-hetero) is 1. The van der Waals surface area contributed by atoms with E-state index in [1.54, 1.807) is 16.2 Å². The molecule has 0 aliphatic carbocycles. The minimum absolute atomic E-state index is 0.109. The minimum atomic E-state index is -3.64. The molecule has 0 spiro atoms. The Hall–Kier alpha value is -2.23. The zero-order valence-electron chi connectivity index (χ0n) is 15.6. The molecule has 2 amide bonds. The van der Waals surface area contributed by atoms with Gasteiger partial charge in [-0.2, -0.15) is 4.31 Å². The van der Waals surface area contributed by atoms with Gasteiger partial charge in [-0.15, -0.1) is 11.3 Å². The van der Waals surface area contributed by atoms with Crippen molar-refractivity contribution in [3.05, 3.63) is 52.2 Å². The van der Waals surface area contributed by atoms with Gasteiger partial charge in [-0.25, -0.2) is 13.2 Å². The van der Waals surface area contributed by atoms with Crippen LogP contribution in [0.5, 0.6) is 0 Å². The van der Waals surface area contributed by atoms with Crippen molar-refractivity contribution in [3.8, 4) is 0 Å². The summed E-state index contributed by atoms with van der Waals surface area (Å²) >= 11 is 1.66. The lowest BCUT2D eigenvalue weighted by molar-refractivity contribution is 0.101. The smallest absolute Gasteiger partial charge is 0.317 e. The molecule has 7 nitrogen and oxygen atoms in total.